The lowest BCUT2D eigenvalue weighted by Gasteiger charge is -2.38. The van der Waals surface area contributed by atoms with E-state index in [1.807, 2.05) is 18.2 Å². The SMILES string of the molecule is CC(=O)NC1(C)CCC1.CNc1nc(N)nn2ccc(-c3ccc4ncc(CCF)n4n3)c12. The van der Waals surface area contributed by atoms with Crippen molar-refractivity contribution in [3.05, 3.63) is 36.3 Å². The van der Waals surface area contributed by atoms with Gasteiger partial charge in [0.05, 0.1) is 24.3 Å². The topological polar surface area (TPSA) is 128 Å². The molecule has 1 amide bonds. The first kappa shape index (κ1) is 22.4. The van der Waals surface area contributed by atoms with E-state index in [0.717, 1.165) is 29.6 Å². The molecule has 0 unspecified atom stereocenters. The molecule has 1 fully saturated rings. The van der Waals surface area contributed by atoms with Crippen LogP contribution in [0.2, 0.25) is 0 Å². The number of halogens is 1. The Morgan fingerprint density at radius 3 is 2.67 bits per heavy atom. The highest BCUT2D eigenvalue weighted by Gasteiger charge is 2.31. The van der Waals surface area contributed by atoms with E-state index in [1.54, 1.807) is 35.4 Å². The van der Waals surface area contributed by atoms with Crippen LogP contribution in [0.25, 0.3) is 22.4 Å². The van der Waals surface area contributed by atoms with E-state index < -0.39 is 6.67 Å². The number of nitrogens with zero attached hydrogens (tertiary/aromatic N) is 6. The number of nitrogens with one attached hydrogen (secondary N) is 2. The van der Waals surface area contributed by atoms with Crippen LogP contribution in [-0.2, 0) is 11.2 Å². The van der Waals surface area contributed by atoms with Crippen LogP contribution in [-0.4, -0.2) is 54.4 Å². The molecule has 4 heterocycles. The van der Waals surface area contributed by atoms with Gasteiger partial charge in [-0.2, -0.15) is 10.1 Å². The Labute approximate surface area is 190 Å². The van der Waals surface area contributed by atoms with Gasteiger partial charge in [0.25, 0.3) is 0 Å². The lowest BCUT2D eigenvalue weighted by Crippen LogP contribution is -2.50. The van der Waals surface area contributed by atoms with Crippen LogP contribution in [0.4, 0.5) is 16.2 Å². The zero-order valence-corrected chi connectivity index (χ0v) is 19.0. The number of aryl methyl sites for hydroxylation is 1. The van der Waals surface area contributed by atoms with Gasteiger partial charge in [-0.3, -0.25) is 9.18 Å². The first-order valence-corrected chi connectivity index (χ1v) is 10.8. The Balaban J connectivity index is 0.000000243. The highest BCUT2D eigenvalue weighted by molar-refractivity contribution is 5.87. The largest absolute Gasteiger partial charge is 0.371 e. The van der Waals surface area contributed by atoms with Gasteiger partial charge in [-0.05, 0) is 44.4 Å². The fourth-order valence-corrected chi connectivity index (χ4v) is 4.01. The average molecular weight is 454 g/mol. The number of carbonyl (C=O) groups is 1. The third-order valence-corrected chi connectivity index (χ3v) is 5.76. The van der Waals surface area contributed by atoms with E-state index in [0.29, 0.717) is 17.2 Å². The number of nitrogens with two attached hydrogens (primary N) is 1. The van der Waals surface area contributed by atoms with Gasteiger partial charge in [-0.25, -0.2) is 14.0 Å². The third kappa shape index (κ3) is 4.57. The number of amides is 1. The minimum Gasteiger partial charge on any atom is -0.371 e. The van der Waals surface area contributed by atoms with Crippen LogP contribution in [0.5, 0.6) is 0 Å². The summed E-state index contributed by atoms with van der Waals surface area (Å²) in [5.74, 6) is 0.883. The van der Waals surface area contributed by atoms with E-state index in [1.165, 1.54) is 6.42 Å². The average Bonchev–Trinajstić information content (AvgIpc) is 3.36. The fraction of sp³-hybridized carbons (Fsp3) is 0.409. The molecule has 0 bridgehead atoms. The maximum absolute atomic E-state index is 12.7. The third-order valence-electron chi connectivity index (χ3n) is 5.76. The summed E-state index contributed by atoms with van der Waals surface area (Å²) in [7, 11) is 1.77. The van der Waals surface area contributed by atoms with Crippen molar-refractivity contribution < 1.29 is 9.18 Å². The van der Waals surface area contributed by atoms with E-state index >= 15 is 0 Å². The van der Waals surface area contributed by atoms with Crippen LogP contribution in [0.3, 0.4) is 0 Å². The normalized spacial score (nSPS) is 14.4. The van der Waals surface area contributed by atoms with Crippen molar-refractivity contribution in [1.29, 1.82) is 0 Å². The number of hydrogen-bond acceptors (Lipinski definition) is 7. The molecule has 0 aromatic carbocycles. The van der Waals surface area contributed by atoms with Gasteiger partial charge in [-0.1, -0.05) is 0 Å². The fourth-order valence-electron chi connectivity index (χ4n) is 4.01. The minimum atomic E-state index is -0.452. The van der Waals surface area contributed by atoms with Crippen molar-refractivity contribution in [2.45, 2.75) is 45.1 Å². The lowest BCUT2D eigenvalue weighted by molar-refractivity contribution is -0.121. The van der Waals surface area contributed by atoms with Crippen molar-refractivity contribution in [1.82, 2.24) is 34.5 Å². The summed E-state index contributed by atoms with van der Waals surface area (Å²) in [6.07, 6.45) is 7.27. The Bertz CT molecular complexity index is 1290. The molecule has 5 rings (SSSR count). The number of rotatable bonds is 5. The van der Waals surface area contributed by atoms with Crippen molar-refractivity contribution in [3.8, 4) is 11.3 Å². The first-order chi connectivity index (χ1) is 15.8. The summed E-state index contributed by atoms with van der Waals surface area (Å²) in [6.45, 7) is 3.22. The maximum Gasteiger partial charge on any atom is 0.240 e. The maximum atomic E-state index is 12.7. The van der Waals surface area contributed by atoms with Gasteiger partial charge in [0.15, 0.2) is 11.5 Å². The predicted octanol–water partition coefficient (Wildman–Crippen LogP) is 2.64. The molecule has 0 spiro atoms. The van der Waals surface area contributed by atoms with Gasteiger partial charge in [0.1, 0.15) is 5.52 Å². The molecule has 1 aliphatic carbocycles. The van der Waals surface area contributed by atoms with Crippen molar-refractivity contribution >= 4 is 28.8 Å². The Kier molecular flexibility index (Phi) is 6.12. The second-order valence-corrected chi connectivity index (χ2v) is 8.36. The zero-order valence-electron chi connectivity index (χ0n) is 19.0. The Hall–Kier alpha value is -3.76. The van der Waals surface area contributed by atoms with E-state index in [-0.39, 0.29) is 23.8 Å². The number of hydrogen-bond donors (Lipinski definition) is 3. The molecule has 0 saturated heterocycles. The van der Waals surface area contributed by atoms with E-state index in [4.69, 9.17) is 5.73 Å². The van der Waals surface area contributed by atoms with Crippen LogP contribution < -0.4 is 16.4 Å². The summed E-state index contributed by atoms with van der Waals surface area (Å²) in [5, 5.41) is 14.7. The van der Waals surface area contributed by atoms with Gasteiger partial charge in [-0.15, -0.1) is 5.10 Å². The van der Waals surface area contributed by atoms with Crippen LogP contribution in [0, 0.1) is 0 Å². The smallest absolute Gasteiger partial charge is 0.240 e. The number of fused-ring (bicyclic) bond motifs is 2. The number of imidazole rings is 1. The van der Waals surface area contributed by atoms with Gasteiger partial charge in [0, 0.05) is 37.7 Å². The summed E-state index contributed by atoms with van der Waals surface area (Å²) < 4.78 is 16.0. The molecular weight excluding hydrogens is 425 g/mol. The molecule has 33 heavy (non-hydrogen) atoms. The second kappa shape index (κ2) is 9.00. The number of carbonyl (C=O) groups excluding carboxylic acids is 1. The van der Waals surface area contributed by atoms with Crippen LogP contribution in [0.1, 0.15) is 38.8 Å². The summed E-state index contributed by atoms with van der Waals surface area (Å²) in [6, 6.07) is 5.61. The van der Waals surface area contributed by atoms with Gasteiger partial charge >= 0.3 is 0 Å². The number of aromatic nitrogens is 6. The van der Waals surface area contributed by atoms with Gasteiger partial charge < -0.3 is 16.4 Å². The molecule has 4 aromatic rings. The highest BCUT2D eigenvalue weighted by Crippen LogP contribution is 2.30. The number of nitrogen functional groups attached to an aromatic ring is 1. The molecule has 10 nitrogen and oxygen atoms in total. The van der Waals surface area contributed by atoms with Crippen LogP contribution in [0.15, 0.2) is 30.6 Å². The molecule has 1 aliphatic rings. The molecule has 174 valence electrons. The Morgan fingerprint density at radius 1 is 1.27 bits per heavy atom. The quantitative estimate of drug-likeness (QED) is 0.424. The van der Waals surface area contributed by atoms with Crippen molar-refractivity contribution in [2.24, 2.45) is 0 Å². The molecule has 0 atom stereocenters. The zero-order chi connectivity index (χ0) is 23.6. The molecule has 0 aliphatic heterocycles. The highest BCUT2D eigenvalue weighted by atomic mass is 19.1. The van der Waals surface area contributed by atoms with E-state index in [2.05, 4.69) is 37.7 Å². The summed E-state index contributed by atoms with van der Waals surface area (Å²) in [4.78, 5) is 19.0. The number of alkyl halides is 1. The number of anilines is 2. The minimum absolute atomic E-state index is 0.0946. The molecule has 11 heteroatoms. The summed E-state index contributed by atoms with van der Waals surface area (Å²) in [5.41, 5.74) is 9.60. The first-order valence-electron chi connectivity index (χ1n) is 10.8. The predicted molar refractivity (Wildman–Crippen MR) is 125 cm³/mol. The Morgan fingerprint density at radius 2 is 2.06 bits per heavy atom. The molecule has 4 N–H and O–H groups in total. The van der Waals surface area contributed by atoms with Crippen molar-refractivity contribution in [2.75, 3.05) is 24.8 Å². The monoisotopic (exact) mass is 453 g/mol. The second-order valence-electron chi connectivity index (χ2n) is 8.36. The molecular formula is C22H28FN9O. The van der Waals surface area contributed by atoms with Crippen molar-refractivity contribution in [3.63, 3.8) is 0 Å². The van der Waals surface area contributed by atoms with Crippen LogP contribution >= 0.6 is 0 Å². The lowest BCUT2D eigenvalue weighted by atomic mass is 9.78. The molecule has 0 radical (unpaired) electrons. The molecule has 4 aromatic heterocycles. The van der Waals surface area contributed by atoms with E-state index in [9.17, 15) is 9.18 Å². The van der Waals surface area contributed by atoms with Gasteiger partial charge in [0.2, 0.25) is 11.9 Å². The standard InChI is InChI=1S/C15H15FN8.C7H13NO/c1-18-14-13-10(5-7-23(13)22-15(17)20-14)11-2-3-12-19-8-9(4-6-16)24(12)21-11;1-6(9)8-7(2)4-3-5-7/h2-3,5,7-8H,4,6H2,1H3,(H3,17,18,20,22);3-5H2,1-2H3,(H,8,9). The summed E-state index contributed by atoms with van der Waals surface area (Å²) >= 11 is 0. The molecule has 1 saturated carbocycles.